The second-order valence-electron chi connectivity index (χ2n) is 6.26. The summed E-state index contributed by atoms with van der Waals surface area (Å²) in [6.45, 7) is 4.63. The van der Waals surface area contributed by atoms with Gasteiger partial charge in [0.15, 0.2) is 0 Å². The molecule has 0 atom stereocenters. The van der Waals surface area contributed by atoms with Crippen LogP contribution in [0, 0.1) is 0 Å². The highest BCUT2D eigenvalue weighted by Gasteiger charge is 2.25. The highest BCUT2D eigenvalue weighted by Crippen LogP contribution is 2.28. The Morgan fingerprint density at radius 2 is 2.12 bits per heavy atom. The lowest BCUT2D eigenvalue weighted by atomic mass is 10.0. The van der Waals surface area contributed by atoms with Gasteiger partial charge in [-0.25, -0.2) is 13.1 Å². The molecule has 0 spiro atoms. The minimum atomic E-state index is -3.93. The van der Waals surface area contributed by atoms with E-state index in [0.29, 0.717) is 36.3 Å². The zero-order chi connectivity index (χ0) is 18.7. The van der Waals surface area contributed by atoms with Crippen molar-refractivity contribution in [2.24, 2.45) is 0 Å². The van der Waals surface area contributed by atoms with Crippen LogP contribution in [0.1, 0.15) is 42.8 Å². The summed E-state index contributed by atoms with van der Waals surface area (Å²) < 4.78 is 32.9. The van der Waals surface area contributed by atoms with Gasteiger partial charge in [-0.3, -0.25) is 4.79 Å². The maximum atomic E-state index is 12.8. The number of carbonyl (C=O) groups is 1. The first kappa shape index (κ1) is 18.4. The standard InChI is InChI=1S/C18H23N3O4S/c1-3-14-13(16(4-2)25-20-14)11-18(22)21-26(23,24)17-9-5-8-15-12(17)7-6-10-19-15/h5,8-9,19H,3-4,6-7,10-11H2,1-2H3,(H,21,22). The van der Waals surface area contributed by atoms with Crippen LogP contribution in [0.15, 0.2) is 27.6 Å². The second-order valence-corrected chi connectivity index (χ2v) is 7.91. The highest BCUT2D eigenvalue weighted by molar-refractivity contribution is 7.90. The Kier molecular flexibility index (Phi) is 5.31. The van der Waals surface area contributed by atoms with Crippen molar-refractivity contribution in [1.82, 2.24) is 9.88 Å². The fraction of sp³-hybridized carbons (Fsp3) is 0.444. The summed E-state index contributed by atoms with van der Waals surface area (Å²) in [7, 11) is -3.93. The molecule has 140 valence electrons. The Morgan fingerprint density at radius 1 is 1.31 bits per heavy atom. The van der Waals surface area contributed by atoms with E-state index in [9.17, 15) is 13.2 Å². The van der Waals surface area contributed by atoms with E-state index in [0.717, 1.165) is 24.2 Å². The summed E-state index contributed by atoms with van der Waals surface area (Å²) in [5, 5.41) is 7.16. The zero-order valence-corrected chi connectivity index (χ0v) is 15.8. The van der Waals surface area contributed by atoms with Crippen LogP contribution < -0.4 is 10.0 Å². The molecule has 0 fully saturated rings. The number of benzene rings is 1. The molecular formula is C18H23N3O4S. The van der Waals surface area contributed by atoms with E-state index in [4.69, 9.17) is 4.52 Å². The van der Waals surface area contributed by atoms with Crippen molar-refractivity contribution in [3.05, 3.63) is 40.8 Å². The van der Waals surface area contributed by atoms with Gasteiger partial charge in [0.25, 0.3) is 10.0 Å². The number of amides is 1. The SMILES string of the molecule is CCc1noc(CC)c1CC(=O)NS(=O)(=O)c1cccc2c1CCCN2. The molecule has 1 aromatic carbocycles. The van der Waals surface area contributed by atoms with Crippen molar-refractivity contribution in [3.8, 4) is 0 Å². The zero-order valence-electron chi connectivity index (χ0n) is 15.0. The quantitative estimate of drug-likeness (QED) is 0.800. The van der Waals surface area contributed by atoms with E-state index in [-0.39, 0.29) is 11.3 Å². The molecule has 1 amide bonds. The third-order valence-corrected chi connectivity index (χ3v) is 5.99. The molecule has 26 heavy (non-hydrogen) atoms. The van der Waals surface area contributed by atoms with Gasteiger partial charge in [0.1, 0.15) is 5.76 Å². The molecule has 3 rings (SSSR count). The largest absolute Gasteiger partial charge is 0.385 e. The van der Waals surface area contributed by atoms with Crippen LogP contribution in [-0.4, -0.2) is 26.0 Å². The minimum Gasteiger partial charge on any atom is -0.385 e. The summed E-state index contributed by atoms with van der Waals surface area (Å²) >= 11 is 0. The molecule has 7 nitrogen and oxygen atoms in total. The maximum absolute atomic E-state index is 12.8. The monoisotopic (exact) mass is 377 g/mol. The normalized spacial score (nSPS) is 13.8. The van der Waals surface area contributed by atoms with Gasteiger partial charge in [0.05, 0.1) is 17.0 Å². The first-order chi connectivity index (χ1) is 12.5. The predicted octanol–water partition coefficient (Wildman–Crippen LogP) is 2.21. The summed E-state index contributed by atoms with van der Waals surface area (Å²) in [5.41, 5.74) is 2.91. The lowest BCUT2D eigenvalue weighted by molar-refractivity contribution is -0.118. The molecular weight excluding hydrogens is 354 g/mol. The Hall–Kier alpha value is -2.35. The van der Waals surface area contributed by atoms with Gasteiger partial charge < -0.3 is 9.84 Å². The molecule has 2 aromatic rings. The smallest absolute Gasteiger partial charge is 0.264 e. The second kappa shape index (κ2) is 7.49. The number of sulfonamides is 1. The van der Waals surface area contributed by atoms with Gasteiger partial charge in [0, 0.05) is 24.2 Å². The van der Waals surface area contributed by atoms with Crippen LogP contribution >= 0.6 is 0 Å². The highest BCUT2D eigenvalue weighted by atomic mass is 32.2. The molecule has 0 bridgehead atoms. The van der Waals surface area contributed by atoms with Crippen molar-refractivity contribution >= 4 is 21.6 Å². The van der Waals surface area contributed by atoms with E-state index in [1.165, 1.54) is 6.07 Å². The van der Waals surface area contributed by atoms with Gasteiger partial charge in [0.2, 0.25) is 5.91 Å². The number of aryl methyl sites for hydroxylation is 2. The van der Waals surface area contributed by atoms with Gasteiger partial charge in [-0.1, -0.05) is 25.1 Å². The van der Waals surface area contributed by atoms with Gasteiger partial charge in [-0.05, 0) is 37.0 Å². The number of carbonyl (C=O) groups excluding carboxylic acids is 1. The third kappa shape index (κ3) is 3.60. The number of hydrogen-bond acceptors (Lipinski definition) is 6. The van der Waals surface area contributed by atoms with Crippen molar-refractivity contribution in [2.75, 3.05) is 11.9 Å². The number of nitrogens with one attached hydrogen (secondary N) is 2. The summed E-state index contributed by atoms with van der Waals surface area (Å²) in [6, 6.07) is 5.07. The Bertz CT molecular complexity index is 897. The summed E-state index contributed by atoms with van der Waals surface area (Å²) in [6.07, 6.45) is 2.67. The Balaban J connectivity index is 1.82. The molecule has 2 heterocycles. The lowest BCUT2D eigenvalue weighted by Gasteiger charge is -2.20. The van der Waals surface area contributed by atoms with E-state index >= 15 is 0 Å². The topological polar surface area (TPSA) is 101 Å². The van der Waals surface area contributed by atoms with E-state index in [2.05, 4.69) is 15.2 Å². The van der Waals surface area contributed by atoms with Crippen LogP contribution in [0.25, 0.3) is 0 Å². The molecule has 0 saturated heterocycles. The third-order valence-electron chi connectivity index (χ3n) is 4.53. The van der Waals surface area contributed by atoms with Crippen molar-refractivity contribution in [3.63, 3.8) is 0 Å². The average Bonchev–Trinajstić information content (AvgIpc) is 3.02. The first-order valence-electron chi connectivity index (χ1n) is 8.84. The maximum Gasteiger partial charge on any atom is 0.264 e. The van der Waals surface area contributed by atoms with Crippen LogP contribution in [0.4, 0.5) is 5.69 Å². The lowest BCUT2D eigenvalue weighted by Crippen LogP contribution is -2.33. The van der Waals surface area contributed by atoms with Crippen LogP contribution in [0.5, 0.6) is 0 Å². The summed E-state index contributed by atoms with van der Waals surface area (Å²) in [5.74, 6) is 0.0367. The molecule has 0 unspecified atom stereocenters. The van der Waals surface area contributed by atoms with Crippen molar-refractivity contribution in [2.45, 2.75) is 50.8 Å². The average molecular weight is 377 g/mol. The minimum absolute atomic E-state index is 0.0671. The number of hydrogen-bond donors (Lipinski definition) is 2. The molecule has 1 aliphatic rings. The number of fused-ring (bicyclic) bond motifs is 1. The number of nitrogens with zero attached hydrogens (tertiary/aromatic N) is 1. The van der Waals surface area contributed by atoms with E-state index in [1.807, 2.05) is 19.9 Å². The van der Waals surface area contributed by atoms with Gasteiger partial charge >= 0.3 is 0 Å². The van der Waals surface area contributed by atoms with Crippen molar-refractivity contribution in [1.29, 1.82) is 0 Å². The fourth-order valence-electron chi connectivity index (χ4n) is 3.27. The van der Waals surface area contributed by atoms with Crippen LogP contribution in [0.3, 0.4) is 0 Å². The fourth-order valence-corrected chi connectivity index (χ4v) is 4.54. The first-order valence-corrected chi connectivity index (χ1v) is 10.3. The Labute approximate surface area is 153 Å². The molecule has 0 aliphatic carbocycles. The Morgan fingerprint density at radius 3 is 2.85 bits per heavy atom. The molecule has 2 N–H and O–H groups in total. The molecule has 1 aromatic heterocycles. The molecule has 8 heteroatoms. The number of aromatic nitrogens is 1. The van der Waals surface area contributed by atoms with E-state index in [1.54, 1.807) is 6.07 Å². The van der Waals surface area contributed by atoms with Crippen LogP contribution in [0.2, 0.25) is 0 Å². The molecule has 0 radical (unpaired) electrons. The van der Waals surface area contributed by atoms with Gasteiger partial charge in [-0.15, -0.1) is 0 Å². The summed E-state index contributed by atoms with van der Waals surface area (Å²) in [4.78, 5) is 12.6. The van der Waals surface area contributed by atoms with Crippen LogP contribution in [-0.2, 0) is 40.5 Å². The number of anilines is 1. The van der Waals surface area contributed by atoms with E-state index < -0.39 is 15.9 Å². The number of rotatable bonds is 6. The van der Waals surface area contributed by atoms with Gasteiger partial charge in [-0.2, -0.15) is 0 Å². The van der Waals surface area contributed by atoms with Crippen molar-refractivity contribution < 1.29 is 17.7 Å². The predicted molar refractivity (Wildman–Crippen MR) is 97.5 cm³/mol. The molecule has 0 saturated carbocycles. The molecule has 1 aliphatic heterocycles.